The number of aromatic nitrogens is 2. The van der Waals surface area contributed by atoms with Gasteiger partial charge in [-0.05, 0) is 18.9 Å². The fourth-order valence-electron chi connectivity index (χ4n) is 1.70. The molecule has 2 aromatic heterocycles. The molecule has 114 valence electrons. The summed E-state index contributed by atoms with van der Waals surface area (Å²) in [7, 11) is -3.63. The van der Waals surface area contributed by atoms with E-state index >= 15 is 0 Å². The summed E-state index contributed by atoms with van der Waals surface area (Å²) >= 11 is 0.898. The van der Waals surface area contributed by atoms with E-state index in [2.05, 4.69) is 9.71 Å². The first-order valence-corrected chi connectivity index (χ1v) is 8.62. The van der Waals surface area contributed by atoms with E-state index in [1.807, 2.05) is 10.8 Å². The first kappa shape index (κ1) is 15.7. The standard InChI is InChI=1S/C12H15N3O4S2/c16-12(17)11-7-10(8-20-11)21(18,19)14-3-1-2-5-15-6-4-13-9-15/h4,6-9,14H,1-3,5H2,(H,16,17). The normalized spacial score (nSPS) is 11.6. The summed E-state index contributed by atoms with van der Waals surface area (Å²) in [6, 6.07) is 1.17. The molecule has 7 nitrogen and oxygen atoms in total. The Hall–Kier alpha value is -1.71. The number of unbranched alkanes of at least 4 members (excludes halogenated alkanes) is 1. The molecule has 9 heteroatoms. The number of thiophene rings is 1. The molecule has 0 saturated carbocycles. The highest BCUT2D eigenvalue weighted by Gasteiger charge is 2.17. The third-order valence-electron chi connectivity index (χ3n) is 2.79. The van der Waals surface area contributed by atoms with Crippen molar-refractivity contribution in [2.75, 3.05) is 6.54 Å². The number of carboxylic acids is 1. The molecular formula is C12H15N3O4S2. The topological polar surface area (TPSA) is 101 Å². The van der Waals surface area contributed by atoms with Crippen LogP contribution < -0.4 is 4.72 Å². The minimum atomic E-state index is -3.63. The van der Waals surface area contributed by atoms with Crippen molar-refractivity contribution in [2.24, 2.45) is 0 Å². The van der Waals surface area contributed by atoms with Crippen molar-refractivity contribution in [3.63, 3.8) is 0 Å². The number of aromatic carboxylic acids is 1. The van der Waals surface area contributed by atoms with Gasteiger partial charge in [0.1, 0.15) is 4.88 Å². The van der Waals surface area contributed by atoms with Gasteiger partial charge in [-0.3, -0.25) is 0 Å². The number of carboxylic acid groups (broad SMARTS) is 1. The quantitative estimate of drug-likeness (QED) is 0.713. The van der Waals surface area contributed by atoms with E-state index in [4.69, 9.17) is 5.11 Å². The average Bonchev–Trinajstić information content (AvgIpc) is 3.09. The maximum Gasteiger partial charge on any atom is 0.345 e. The number of aryl methyl sites for hydroxylation is 1. The zero-order valence-electron chi connectivity index (χ0n) is 11.1. The van der Waals surface area contributed by atoms with Gasteiger partial charge in [-0.15, -0.1) is 11.3 Å². The molecule has 0 saturated heterocycles. The lowest BCUT2D eigenvalue weighted by Crippen LogP contribution is -2.24. The first-order chi connectivity index (χ1) is 9.99. The summed E-state index contributed by atoms with van der Waals surface area (Å²) in [5, 5.41) is 10.1. The average molecular weight is 329 g/mol. The predicted molar refractivity (Wildman–Crippen MR) is 77.9 cm³/mol. The van der Waals surface area contributed by atoms with Gasteiger partial charge in [-0.25, -0.2) is 22.9 Å². The Bertz CT molecular complexity index is 692. The lowest BCUT2D eigenvalue weighted by molar-refractivity contribution is 0.0702. The van der Waals surface area contributed by atoms with Gasteiger partial charge in [0, 0.05) is 30.9 Å². The van der Waals surface area contributed by atoms with Gasteiger partial charge in [-0.2, -0.15) is 0 Å². The minimum Gasteiger partial charge on any atom is -0.477 e. The highest BCUT2D eigenvalue weighted by molar-refractivity contribution is 7.89. The van der Waals surface area contributed by atoms with E-state index in [1.54, 1.807) is 12.5 Å². The van der Waals surface area contributed by atoms with Crippen LogP contribution in [0.3, 0.4) is 0 Å². The smallest absolute Gasteiger partial charge is 0.345 e. The molecule has 0 aliphatic heterocycles. The van der Waals surface area contributed by atoms with E-state index in [0.29, 0.717) is 13.0 Å². The van der Waals surface area contributed by atoms with Crippen molar-refractivity contribution in [3.8, 4) is 0 Å². The van der Waals surface area contributed by atoms with Crippen LogP contribution in [0.4, 0.5) is 0 Å². The largest absolute Gasteiger partial charge is 0.477 e. The van der Waals surface area contributed by atoms with Gasteiger partial charge in [-0.1, -0.05) is 0 Å². The van der Waals surface area contributed by atoms with E-state index in [0.717, 1.165) is 24.3 Å². The van der Waals surface area contributed by atoms with Crippen LogP contribution in [0.1, 0.15) is 22.5 Å². The van der Waals surface area contributed by atoms with Crippen LogP contribution in [0.15, 0.2) is 35.1 Å². The predicted octanol–water partition coefficient (Wildman–Crippen LogP) is 1.40. The fraction of sp³-hybridized carbons (Fsp3) is 0.333. The van der Waals surface area contributed by atoms with Crippen molar-refractivity contribution < 1.29 is 18.3 Å². The van der Waals surface area contributed by atoms with Gasteiger partial charge < -0.3 is 9.67 Å². The van der Waals surface area contributed by atoms with Gasteiger partial charge >= 0.3 is 5.97 Å². The second-order valence-corrected chi connectivity index (χ2v) is 7.04. The van der Waals surface area contributed by atoms with Crippen LogP contribution in [0.2, 0.25) is 0 Å². The monoisotopic (exact) mass is 329 g/mol. The third-order valence-corrected chi connectivity index (χ3v) is 5.30. The van der Waals surface area contributed by atoms with Crippen LogP contribution in [0.5, 0.6) is 0 Å². The lowest BCUT2D eigenvalue weighted by atomic mass is 10.3. The van der Waals surface area contributed by atoms with Gasteiger partial charge in [0.2, 0.25) is 10.0 Å². The minimum absolute atomic E-state index is 0.000454. The maximum atomic E-state index is 11.9. The molecule has 0 atom stereocenters. The van der Waals surface area contributed by atoms with Crippen molar-refractivity contribution in [1.29, 1.82) is 0 Å². The molecule has 2 rings (SSSR count). The maximum absolute atomic E-state index is 11.9. The van der Waals surface area contributed by atoms with E-state index in [-0.39, 0.29) is 9.77 Å². The highest BCUT2D eigenvalue weighted by atomic mass is 32.2. The SMILES string of the molecule is O=C(O)c1cc(S(=O)(=O)NCCCCn2ccnc2)cs1. The Morgan fingerprint density at radius 2 is 2.24 bits per heavy atom. The Kier molecular flexibility index (Phi) is 5.10. The van der Waals surface area contributed by atoms with E-state index < -0.39 is 16.0 Å². The molecule has 0 radical (unpaired) electrons. The molecule has 0 aliphatic rings. The zero-order valence-corrected chi connectivity index (χ0v) is 12.7. The van der Waals surface area contributed by atoms with Crippen molar-refractivity contribution in [2.45, 2.75) is 24.3 Å². The fourth-order valence-corrected chi connectivity index (χ4v) is 3.89. The number of imidazole rings is 1. The van der Waals surface area contributed by atoms with Gasteiger partial charge in [0.05, 0.1) is 11.2 Å². The van der Waals surface area contributed by atoms with Crippen LogP contribution >= 0.6 is 11.3 Å². The van der Waals surface area contributed by atoms with Gasteiger partial charge in [0.25, 0.3) is 0 Å². The Balaban J connectivity index is 1.79. The number of hydrogen-bond acceptors (Lipinski definition) is 5. The first-order valence-electron chi connectivity index (χ1n) is 6.26. The molecular weight excluding hydrogens is 314 g/mol. The van der Waals surface area contributed by atoms with E-state index in [9.17, 15) is 13.2 Å². The van der Waals surface area contributed by atoms with Crippen molar-refractivity contribution in [3.05, 3.63) is 35.0 Å². The number of rotatable bonds is 8. The Morgan fingerprint density at radius 3 is 2.86 bits per heavy atom. The molecule has 0 unspecified atom stereocenters. The van der Waals surface area contributed by atoms with Gasteiger partial charge in [0.15, 0.2) is 0 Å². The number of sulfonamides is 1. The van der Waals surface area contributed by atoms with Crippen LogP contribution in [0.25, 0.3) is 0 Å². The number of nitrogens with zero attached hydrogens (tertiary/aromatic N) is 2. The molecule has 0 bridgehead atoms. The molecule has 0 aliphatic carbocycles. The number of carbonyl (C=O) groups is 1. The van der Waals surface area contributed by atoms with Crippen LogP contribution in [0, 0.1) is 0 Å². The summed E-state index contributed by atoms with van der Waals surface area (Å²) in [5.74, 6) is -1.12. The molecule has 2 N–H and O–H groups in total. The summed E-state index contributed by atoms with van der Waals surface area (Å²) in [5.41, 5.74) is 0. The second-order valence-electron chi connectivity index (χ2n) is 4.36. The highest BCUT2D eigenvalue weighted by Crippen LogP contribution is 2.19. The van der Waals surface area contributed by atoms with Crippen molar-refractivity contribution >= 4 is 27.3 Å². The molecule has 21 heavy (non-hydrogen) atoms. The summed E-state index contributed by atoms with van der Waals surface area (Å²) < 4.78 is 28.3. The Morgan fingerprint density at radius 1 is 1.43 bits per heavy atom. The summed E-state index contributed by atoms with van der Waals surface area (Å²) in [6.45, 7) is 1.10. The third kappa shape index (κ3) is 4.38. The molecule has 0 spiro atoms. The van der Waals surface area contributed by atoms with Crippen molar-refractivity contribution in [1.82, 2.24) is 14.3 Å². The summed E-state index contributed by atoms with van der Waals surface area (Å²) in [6.07, 6.45) is 6.77. The zero-order chi connectivity index (χ0) is 15.3. The molecule has 0 fully saturated rings. The Labute approximate surface area is 126 Å². The van der Waals surface area contributed by atoms with Crippen LogP contribution in [-0.4, -0.2) is 35.6 Å². The molecule has 0 aromatic carbocycles. The van der Waals surface area contributed by atoms with E-state index in [1.165, 1.54) is 11.4 Å². The lowest BCUT2D eigenvalue weighted by Gasteiger charge is -2.05. The van der Waals surface area contributed by atoms with Crippen LogP contribution in [-0.2, 0) is 16.6 Å². The number of hydrogen-bond donors (Lipinski definition) is 2. The molecule has 2 heterocycles. The molecule has 0 amide bonds. The second kappa shape index (κ2) is 6.83. The molecule has 2 aromatic rings. The summed E-state index contributed by atoms with van der Waals surface area (Å²) in [4.78, 5) is 14.7. The number of nitrogens with one attached hydrogen (secondary N) is 1.